The minimum Gasteiger partial charge on any atom is -0.480 e. The SMILES string of the molecule is CB(O)CCCC1C(C(=O)O)NCC1N(C)C.CB(O)CCCC1C(C(=O)O)NCC1N1CCCC1.CB(O)CCCC1C(N)CNC1C(=O)O.CB(O)CCCC1C(NCC(F)(F)F)CNC1C(=O)O.CCN(CC)C1CNC(C(=O)O)C1CCCB(C)O.CCNC1CNC(C(=O)O)C1CCCB(O)O. The van der Waals surface area contributed by atoms with Gasteiger partial charge in [0.25, 0.3) is 34.6 Å². The number of rotatable bonds is 39. The van der Waals surface area contributed by atoms with E-state index in [0.717, 1.165) is 123 Å². The third-order valence-electron chi connectivity index (χ3n) is 21.9. The van der Waals surface area contributed by atoms with Gasteiger partial charge in [-0.15, -0.1) is 0 Å². The van der Waals surface area contributed by atoms with E-state index in [1.807, 2.05) is 21.0 Å². The van der Waals surface area contributed by atoms with Crippen LogP contribution < -0.4 is 48.3 Å². The van der Waals surface area contributed by atoms with Crippen molar-refractivity contribution in [3.05, 3.63) is 0 Å². The van der Waals surface area contributed by atoms with E-state index in [1.54, 1.807) is 34.1 Å². The highest BCUT2D eigenvalue weighted by Crippen LogP contribution is 2.32. The number of nitrogens with zero attached hydrogens (tertiary/aromatic N) is 3. The van der Waals surface area contributed by atoms with Crippen LogP contribution in [0, 0.1) is 35.5 Å². The Morgan fingerprint density at radius 2 is 0.748 bits per heavy atom. The Morgan fingerprint density at radius 1 is 0.439 bits per heavy atom. The highest BCUT2D eigenvalue weighted by Gasteiger charge is 2.46. The van der Waals surface area contributed by atoms with E-state index in [4.69, 9.17) is 41.2 Å². The van der Waals surface area contributed by atoms with Gasteiger partial charge in [-0.1, -0.05) is 93.4 Å². The molecular formula is C67H135B6F3N12O19. The highest BCUT2D eigenvalue weighted by molar-refractivity contribution is 6.49. The van der Waals surface area contributed by atoms with E-state index in [9.17, 15) is 72.2 Å². The van der Waals surface area contributed by atoms with Crippen molar-refractivity contribution in [2.24, 2.45) is 41.2 Å². The zero-order valence-electron chi connectivity index (χ0n) is 65.3. The normalized spacial score (nSPS) is 28.7. The van der Waals surface area contributed by atoms with Crippen LogP contribution in [0.4, 0.5) is 13.2 Å². The minimum atomic E-state index is -4.31. The van der Waals surface area contributed by atoms with Crippen molar-refractivity contribution in [3.8, 4) is 0 Å². The summed E-state index contributed by atoms with van der Waals surface area (Å²) >= 11 is 0. The number of likely N-dealkylation sites (tertiary alicyclic amines) is 1. The molecule has 18 unspecified atom stereocenters. The van der Waals surface area contributed by atoms with Gasteiger partial charge in [0, 0.05) is 111 Å². The fourth-order valence-corrected chi connectivity index (χ4v) is 16.4. The van der Waals surface area contributed by atoms with Gasteiger partial charge in [-0.2, -0.15) is 13.2 Å². The van der Waals surface area contributed by atoms with Gasteiger partial charge in [-0.25, -0.2) is 0 Å². The molecule has 31 nitrogen and oxygen atoms in total. The van der Waals surface area contributed by atoms with Crippen LogP contribution in [0.3, 0.4) is 0 Å². The molecular weight excluding hydrogens is 1400 g/mol. The molecule has 7 aliphatic heterocycles. The number of aliphatic carboxylic acids is 6. The van der Waals surface area contributed by atoms with Crippen molar-refractivity contribution in [2.45, 2.75) is 261 Å². The molecule has 0 amide bonds. The summed E-state index contributed by atoms with van der Waals surface area (Å²) in [5.41, 5.74) is 5.84. The molecule has 7 saturated heterocycles. The lowest BCUT2D eigenvalue weighted by Gasteiger charge is -2.31. The Labute approximate surface area is 635 Å². The molecule has 40 heteroatoms. The molecule has 7 aliphatic rings. The maximum absolute atomic E-state index is 12.2. The number of nitrogens with two attached hydrogens (primary N) is 1. The second kappa shape index (κ2) is 52.5. The van der Waals surface area contributed by atoms with Gasteiger partial charge in [-0.3, -0.25) is 38.6 Å². The average molecular weight is 1530 g/mol. The first-order valence-electron chi connectivity index (χ1n) is 39.3. The number of hydrogen-bond acceptors (Lipinski definition) is 25. The molecule has 18 atom stereocenters. The van der Waals surface area contributed by atoms with E-state index in [1.165, 1.54) is 12.8 Å². The largest absolute Gasteiger partial charge is 0.480 e. The summed E-state index contributed by atoms with van der Waals surface area (Å²) in [6, 6.07) is -2.73. The first kappa shape index (κ1) is 99.3. The predicted molar refractivity (Wildman–Crippen MR) is 413 cm³/mol. The third-order valence-corrected chi connectivity index (χ3v) is 21.9. The molecule has 23 N–H and O–H groups in total. The molecule has 0 aromatic heterocycles. The molecule has 7 fully saturated rings. The molecule has 0 saturated carbocycles. The lowest BCUT2D eigenvalue weighted by atomic mass is 9.66. The van der Waals surface area contributed by atoms with Crippen LogP contribution in [0.1, 0.15) is 111 Å². The quantitative estimate of drug-likeness (QED) is 0.0363. The second-order valence-corrected chi connectivity index (χ2v) is 30.7. The van der Waals surface area contributed by atoms with Crippen LogP contribution in [0.5, 0.6) is 0 Å². The monoisotopic (exact) mass is 1540 g/mol. The highest BCUT2D eigenvalue weighted by atomic mass is 19.4. The van der Waals surface area contributed by atoms with Gasteiger partial charge in [-0.05, 0) is 136 Å². The van der Waals surface area contributed by atoms with E-state index < -0.39 is 111 Å². The maximum Gasteiger partial charge on any atom is 0.451 e. The van der Waals surface area contributed by atoms with Crippen LogP contribution in [-0.4, -0.2) is 329 Å². The molecule has 0 aromatic carbocycles. The molecule has 0 aliphatic carbocycles. The van der Waals surface area contributed by atoms with Crippen molar-refractivity contribution in [2.75, 3.05) is 92.6 Å². The smallest absolute Gasteiger partial charge is 0.451 e. The Morgan fingerprint density at radius 3 is 1.11 bits per heavy atom. The molecule has 7 heterocycles. The van der Waals surface area contributed by atoms with E-state index in [0.29, 0.717) is 69.8 Å². The first-order valence-corrected chi connectivity index (χ1v) is 39.3. The summed E-state index contributed by atoms with van der Waals surface area (Å²) in [7, 11) is 2.67. The van der Waals surface area contributed by atoms with Gasteiger partial charge in [0.05, 0.1) is 6.54 Å². The Balaban J connectivity index is 0.000000437. The summed E-state index contributed by atoms with van der Waals surface area (Å²) in [6.07, 6.45) is 11.1. The third kappa shape index (κ3) is 37.2. The van der Waals surface area contributed by atoms with Crippen molar-refractivity contribution in [1.82, 2.24) is 57.2 Å². The van der Waals surface area contributed by atoms with Crippen LogP contribution in [0.2, 0.25) is 72.0 Å². The number of alkyl halides is 3. The van der Waals surface area contributed by atoms with Gasteiger partial charge in [0.1, 0.15) is 36.3 Å². The number of likely N-dealkylation sites (N-methyl/N-ethyl adjacent to an activating group) is 3. The molecule has 0 spiro atoms. The van der Waals surface area contributed by atoms with E-state index in [2.05, 4.69) is 71.1 Å². The molecule has 616 valence electrons. The molecule has 0 bridgehead atoms. The summed E-state index contributed by atoms with van der Waals surface area (Å²) < 4.78 is 36.7. The second-order valence-electron chi connectivity index (χ2n) is 30.7. The number of halogens is 3. The van der Waals surface area contributed by atoms with E-state index >= 15 is 0 Å². The summed E-state index contributed by atoms with van der Waals surface area (Å²) in [5.74, 6) is -4.95. The zero-order chi connectivity index (χ0) is 80.8. The van der Waals surface area contributed by atoms with Crippen LogP contribution in [-0.2, 0) is 28.8 Å². The number of nitrogens with one attached hydrogen (secondary N) is 8. The summed E-state index contributed by atoms with van der Waals surface area (Å²) in [4.78, 5) is 73.7. The first-order chi connectivity index (χ1) is 50.3. The fraction of sp³-hybridized carbons (Fsp3) is 0.910. The summed E-state index contributed by atoms with van der Waals surface area (Å²) in [5, 5.41) is 142. The standard InChI is InChI=1S/C13H25BN2O3.C13H27BN2O3.C11H20BF3N2O3.C11H23BN2O3.C10H21BN2O4.C9H19BN2O3/c1-14(19)6-4-5-10-11(16-7-2-3-8-16)9-15-12(10)13(17)18;1-4-16(5-2)11-9-15-12(13(17)18)10(11)7-6-8-14(3)19;1-12(20)4-2-3-7-8(17-6-11(13,14)15)5-16-9(7)10(18)19;1-12(17)6-4-5-8-9(14(2)3)7-13-10(8)11(15)16;1-2-12-8-6-13-9(10(14)15)7(8)4-3-5-11(16)17;1-10(15)4-2-3-6-7(11)5-12-8(6)9(13)14/h10-12,15,19H,2-9H2,1H3,(H,17,18);10-12,15,19H,4-9H2,1-3H3,(H,17,18);7-9,16-17,20H,2-6H2,1H3,(H,18,19);8-10,13,17H,4-7H2,1-3H3,(H,15,16);7-9,12-13,16-17H,2-6H2,1H3,(H,14,15);6-8,12,15H,2-5,11H2,1H3,(H,13,14). The number of carboxylic acid groups (broad SMARTS) is 6. The van der Waals surface area contributed by atoms with Gasteiger partial charge in [0.15, 0.2) is 0 Å². The van der Waals surface area contributed by atoms with E-state index in [-0.39, 0.29) is 81.9 Å². The number of carboxylic acids is 6. The van der Waals surface area contributed by atoms with Crippen molar-refractivity contribution < 1.29 is 108 Å². The van der Waals surface area contributed by atoms with Gasteiger partial charge >= 0.3 is 49.1 Å². The van der Waals surface area contributed by atoms with Gasteiger partial charge < -0.3 is 119 Å². The van der Waals surface area contributed by atoms with Crippen molar-refractivity contribution >= 4 is 77.5 Å². The van der Waals surface area contributed by atoms with Crippen LogP contribution >= 0.6 is 0 Å². The van der Waals surface area contributed by atoms with Crippen LogP contribution in [0.15, 0.2) is 0 Å². The van der Waals surface area contributed by atoms with Crippen molar-refractivity contribution in [3.63, 3.8) is 0 Å². The van der Waals surface area contributed by atoms with Crippen molar-refractivity contribution in [1.29, 1.82) is 0 Å². The molecule has 0 aromatic rings. The Bertz CT molecular complexity index is 2460. The van der Waals surface area contributed by atoms with Crippen LogP contribution in [0.25, 0.3) is 0 Å². The predicted octanol–water partition coefficient (Wildman–Crippen LogP) is 0.107. The number of carbonyl (C=O) groups is 6. The maximum atomic E-state index is 12.2. The molecule has 107 heavy (non-hydrogen) atoms. The van der Waals surface area contributed by atoms with Gasteiger partial charge in [0.2, 0.25) is 0 Å². The lowest BCUT2D eigenvalue weighted by molar-refractivity contribution is -0.141. The average Bonchev–Trinajstić information content (AvgIpc) is 1.70. The Hall–Kier alpha value is -3.76. The summed E-state index contributed by atoms with van der Waals surface area (Å²) in [6.45, 7) is 20.7. The fourth-order valence-electron chi connectivity index (χ4n) is 16.4. The topological polar surface area (TPSA) is 497 Å². The Kier molecular flexibility index (Phi) is 48.8. The minimum absolute atomic E-state index is 0.00574. The molecule has 0 radical (unpaired) electrons. The lowest BCUT2D eigenvalue weighted by Crippen LogP contribution is -2.43. The zero-order valence-corrected chi connectivity index (χ0v) is 65.3. The number of hydrogen-bond donors (Lipinski definition) is 22. The molecule has 7 rings (SSSR count).